The van der Waals surface area contributed by atoms with Crippen molar-refractivity contribution in [1.29, 1.82) is 0 Å². The molecule has 0 saturated carbocycles. The van der Waals surface area contributed by atoms with Crippen LogP contribution in [-0.4, -0.2) is 35.0 Å². The highest BCUT2D eigenvalue weighted by atomic mass is 28.4. The summed E-state index contributed by atoms with van der Waals surface area (Å²) in [5.74, 6) is -0.310. The Bertz CT molecular complexity index is 518. The Labute approximate surface area is 141 Å². The van der Waals surface area contributed by atoms with E-state index >= 15 is 0 Å². The molecule has 0 spiro atoms. The van der Waals surface area contributed by atoms with Crippen LogP contribution in [0.2, 0.25) is 18.1 Å². The van der Waals surface area contributed by atoms with E-state index in [0.717, 1.165) is 11.3 Å². The quantitative estimate of drug-likeness (QED) is 0.570. The largest absolute Gasteiger partial charge is 0.464 e. The van der Waals surface area contributed by atoms with Gasteiger partial charge in [0.2, 0.25) is 0 Å². The van der Waals surface area contributed by atoms with Crippen LogP contribution in [0.4, 0.5) is 5.69 Å². The lowest BCUT2D eigenvalue weighted by Gasteiger charge is -2.38. The van der Waals surface area contributed by atoms with E-state index in [1.54, 1.807) is 0 Å². The minimum absolute atomic E-state index is 0.0291. The van der Waals surface area contributed by atoms with Crippen LogP contribution in [0, 0.1) is 0 Å². The molecule has 0 radical (unpaired) electrons. The molecule has 0 aliphatic rings. The number of carbonyl (C=O) groups is 1. The van der Waals surface area contributed by atoms with E-state index in [-0.39, 0.29) is 11.0 Å². The molecule has 0 aliphatic carbocycles. The van der Waals surface area contributed by atoms with E-state index in [1.165, 1.54) is 0 Å². The van der Waals surface area contributed by atoms with Crippen molar-refractivity contribution in [3.63, 3.8) is 0 Å². The van der Waals surface area contributed by atoms with Crippen LogP contribution in [0.1, 0.15) is 39.4 Å². The van der Waals surface area contributed by atoms with Crippen molar-refractivity contribution in [3.8, 4) is 0 Å². The fourth-order valence-electron chi connectivity index (χ4n) is 1.89. The van der Waals surface area contributed by atoms with Gasteiger partial charge >= 0.3 is 5.97 Å². The van der Waals surface area contributed by atoms with Gasteiger partial charge in [-0.1, -0.05) is 32.9 Å². The topological polar surface area (TPSA) is 38.8 Å². The Morgan fingerprint density at radius 1 is 1.17 bits per heavy atom. The molecule has 0 fully saturated rings. The van der Waals surface area contributed by atoms with Crippen LogP contribution in [0.25, 0.3) is 0 Å². The molecule has 1 aromatic carbocycles. The van der Waals surface area contributed by atoms with E-state index in [9.17, 15) is 4.79 Å². The number of esters is 1. The third-order valence-electron chi connectivity index (χ3n) is 4.43. The van der Waals surface area contributed by atoms with Crippen LogP contribution in [-0.2, 0) is 14.0 Å². The highest BCUT2D eigenvalue weighted by molar-refractivity contribution is 6.74. The zero-order valence-corrected chi connectivity index (χ0v) is 16.8. The van der Waals surface area contributed by atoms with E-state index < -0.39 is 14.4 Å². The first-order valence-electron chi connectivity index (χ1n) is 8.11. The Balaban J connectivity index is 3.13. The molecule has 0 bridgehead atoms. The van der Waals surface area contributed by atoms with Gasteiger partial charge in [0.1, 0.15) is 0 Å². The molecular formula is C18H31NO3Si. The van der Waals surface area contributed by atoms with Gasteiger partial charge in [-0.05, 0) is 42.8 Å². The lowest BCUT2D eigenvalue weighted by Crippen LogP contribution is -2.43. The van der Waals surface area contributed by atoms with Gasteiger partial charge in [-0.25, -0.2) is 4.79 Å². The lowest BCUT2D eigenvalue weighted by atomic mass is 10.1. The zero-order chi connectivity index (χ0) is 17.8. The first-order chi connectivity index (χ1) is 10.5. The molecule has 23 heavy (non-hydrogen) atoms. The molecule has 1 atom stereocenters. The van der Waals surface area contributed by atoms with Crippen LogP contribution >= 0.6 is 0 Å². The maximum absolute atomic E-state index is 12.4. The second kappa shape index (κ2) is 7.49. The van der Waals surface area contributed by atoms with Gasteiger partial charge < -0.3 is 14.1 Å². The molecule has 0 aromatic heterocycles. The van der Waals surface area contributed by atoms with Gasteiger partial charge in [-0.2, -0.15) is 0 Å². The maximum Gasteiger partial charge on any atom is 0.338 e. The van der Waals surface area contributed by atoms with Gasteiger partial charge in [0.15, 0.2) is 14.4 Å². The molecule has 1 aromatic rings. The highest BCUT2D eigenvalue weighted by Gasteiger charge is 2.41. The summed E-state index contributed by atoms with van der Waals surface area (Å²) in [5.41, 5.74) is 1.93. The summed E-state index contributed by atoms with van der Waals surface area (Å²) in [6, 6.07) is 7.89. The smallest absolute Gasteiger partial charge is 0.338 e. The fourth-order valence-corrected chi connectivity index (χ4v) is 3.06. The van der Waals surface area contributed by atoms with E-state index in [1.807, 2.05) is 50.2 Å². The Hall–Kier alpha value is -1.33. The predicted octanol–water partition coefficient (Wildman–Crippen LogP) is 4.38. The van der Waals surface area contributed by atoms with Crippen LogP contribution in [0.5, 0.6) is 0 Å². The average Bonchev–Trinajstić information content (AvgIpc) is 2.44. The van der Waals surface area contributed by atoms with Gasteiger partial charge in [0, 0.05) is 19.8 Å². The zero-order valence-electron chi connectivity index (χ0n) is 15.8. The van der Waals surface area contributed by atoms with Crippen LogP contribution < -0.4 is 4.90 Å². The van der Waals surface area contributed by atoms with Crippen molar-refractivity contribution in [1.82, 2.24) is 0 Å². The monoisotopic (exact) mass is 337 g/mol. The molecule has 130 valence electrons. The van der Waals surface area contributed by atoms with E-state index in [4.69, 9.17) is 9.16 Å². The lowest BCUT2D eigenvalue weighted by molar-refractivity contribution is -0.152. The van der Waals surface area contributed by atoms with Crippen LogP contribution in [0.15, 0.2) is 24.3 Å². The summed E-state index contributed by atoms with van der Waals surface area (Å²) < 4.78 is 11.6. The Morgan fingerprint density at radius 2 is 1.70 bits per heavy atom. The molecule has 0 aliphatic heterocycles. The molecule has 4 nitrogen and oxygen atoms in total. The number of hydrogen-bond acceptors (Lipinski definition) is 4. The molecule has 1 rings (SSSR count). The molecule has 0 heterocycles. The number of hydrogen-bond donors (Lipinski definition) is 0. The number of benzene rings is 1. The summed E-state index contributed by atoms with van der Waals surface area (Å²) >= 11 is 0. The second-order valence-corrected chi connectivity index (χ2v) is 12.3. The summed E-state index contributed by atoms with van der Waals surface area (Å²) in [5, 5.41) is 0.0291. The Kier molecular flexibility index (Phi) is 6.42. The minimum atomic E-state index is -2.09. The first-order valence-corrected chi connectivity index (χ1v) is 11.0. The predicted molar refractivity (Wildman–Crippen MR) is 98.4 cm³/mol. The number of ether oxygens (including phenoxy) is 1. The Morgan fingerprint density at radius 3 is 2.09 bits per heavy atom. The fraction of sp³-hybridized carbons (Fsp3) is 0.611. The summed E-state index contributed by atoms with van der Waals surface area (Å²) in [7, 11) is 1.89. The normalized spacial score (nSPS) is 13.6. The molecule has 0 amide bonds. The number of rotatable bonds is 6. The third-order valence-corrected chi connectivity index (χ3v) is 8.87. The van der Waals surface area contributed by atoms with Gasteiger partial charge in [0.05, 0.1) is 6.61 Å². The number of carbonyl (C=O) groups excluding carboxylic acids is 1. The standard InChI is InChI=1S/C18H31NO3Si/c1-9-21-17(20)16(22-23(7,8)18(2,3)4)14-10-12-15(13-11-14)19(5)6/h10-13,16H,9H2,1-8H3/t16-/m0/s1. The minimum Gasteiger partial charge on any atom is -0.464 e. The molecule has 5 heteroatoms. The molecule has 0 N–H and O–H groups in total. The SMILES string of the molecule is CCOC(=O)[C@@H](O[Si](C)(C)C(C)(C)C)c1ccc(N(C)C)cc1. The maximum atomic E-state index is 12.4. The summed E-state index contributed by atoms with van der Waals surface area (Å²) in [6.07, 6.45) is -0.660. The highest BCUT2D eigenvalue weighted by Crippen LogP contribution is 2.40. The van der Waals surface area contributed by atoms with Crippen molar-refractivity contribution in [3.05, 3.63) is 29.8 Å². The average molecular weight is 338 g/mol. The van der Waals surface area contributed by atoms with Crippen LogP contribution in [0.3, 0.4) is 0 Å². The molecule has 0 unspecified atom stereocenters. The second-order valence-electron chi connectivity index (χ2n) is 7.50. The first kappa shape index (κ1) is 19.7. The van der Waals surface area contributed by atoms with E-state index in [2.05, 4.69) is 33.9 Å². The number of anilines is 1. The number of nitrogens with zero attached hydrogens (tertiary/aromatic N) is 1. The van der Waals surface area contributed by atoms with Crippen molar-refractivity contribution >= 4 is 20.0 Å². The third kappa shape index (κ3) is 5.08. The van der Waals surface area contributed by atoms with Crippen molar-refractivity contribution < 1.29 is 14.0 Å². The molecule has 0 saturated heterocycles. The summed E-state index contributed by atoms with van der Waals surface area (Å²) in [4.78, 5) is 14.5. The van der Waals surface area contributed by atoms with Gasteiger partial charge in [-0.3, -0.25) is 0 Å². The van der Waals surface area contributed by atoms with E-state index in [0.29, 0.717) is 6.61 Å². The van der Waals surface area contributed by atoms with Gasteiger partial charge in [0.25, 0.3) is 0 Å². The van der Waals surface area contributed by atoms with Crippen molar-refractivity contribution in [2.45, 2.75) is 51.9 Å². The van der Waals surface area contributed by atoms with Crippen molar-refractivity contribution in [2.24, 2.45) is 0 Å². The van der Waals surface area contributed by atoms with Crippen molar-refractivity contribution in [2.75, 3.05) is 25.6 Å². The molecular weight excluding hydrogens is 306 g/mol. The van der Waals surface area contributed by atoms with Gasteiger partial charge in [-0.15, -0.1) is 0 Å². The summed E-state index contributed by atoms with van der Waals surface area (Å²) in [6.45, 7) is 13.0.